The van der Waals surface area contributed by atoms with Crippen molar-refractivity contribution >= 4 is 61.3 Å². The molecule has 60 heavy (non-hydrogen) atoms. The van der Waals surface area contributed by atoms with Crippen molar-refractivity contribution < 1.29 is 37.0 Å². The van der Waals surface area contributed by atoms with Gasteiger partial charge in [0.1, 0.15) is 18.0 Å². The number of aromatic nitrogens is 2. The van der Waals surface area contributed by atoms with Crippen LogP contribution in [0.4, 0.5) is 21.0 Å². The number of hydrogen-bond donors (Lipinski definition) is 3. The molecular weight excluding hydrogens is 783 g/mol. The van der Waals surface area contributed by atoms with E-state index in [2.05, 4.69) is 15.4 Å². The number of sulfonamides is 1. The van der Waals surface area contributed by atoms with Gasteiger partial charge in [0.2, 0.25) is 0 Å². The van der Waals surface area contributed by atoms with Crippen molar-refractivity contribution in [3.63, 3.8) is 0 Å². The Morgan fingerprint density at radius 1 is 0.683 bits per heavy atom. The lowest BCUT2D eigenvalue weighted by molar-refractivity contribution is 0.0980. The first-order valence-electron chi connectivity index (χ1n) is 20.3. The summed E-state index contributed by atoms with van der Waals surface area (Å²) in [6.45, 7) is 1.67. The van der Waals surface area contributed by atoms with Crippen molar-refractivity contribution in [3.8, 4) is 5.75 Å². The summed E-state index contributed by atoms with van der Waals surface area (Å²) in [5.74, 6) is -1.00. The van der Waals surface area contributed by atoms with Gasteiger partial charge in [0.25, 0.3) is 15.9 Å². The number of carbonyl (C=O) groups excluding carboxylic acids is 3. The summed E-state index contributed by atoms with van der Waals surface area (Å²) in [5, 5.41) is 7.56. The van der Waals surface area contributed by atoms with E-state index in [0.29, 0.717) is 28.3 Å². The van der Waals surface area contributed by atoms with Crippen LogP contribution in [-0.4, -0.2) is 55.0 Å². The number of nitrogens with one attached hydrogen (secondary N) is 3. The van der Waals surface area contributed by atoms with Gasteiger partial charge in [-0.05, 0) is 130 Å². The SMILES string of the molecule is COc1cc(C(=O)NS(=O)(=O)c2ccccc2C)ccc1C(c1cn(C)c2ccc(NC(=O)OC3CCCC3)cc12)c1cn(C)c2ccc(NC(=O)OC3CCCC3)cc12. The van der Waals surface area contributed by atoms with E-state index in [4.69, 9.17) is 14.2 Å². The molecule has 2 aliphatic carbocycles. The fourth-order valence-corrected chi connectivity index (χ4v) is 9.98. The molecule has 0 aliphatic heterocycles. The van der Waals surface area contributed by atoms with Crippen molar-refractivity contribution in [2.75, 3.05) is 17.7 Å². The van der Waals surface area contributed by atoms with E-state index in [1.807, 2.05) is 72.0 Å². The lowest BCUT2D eigenvalue weighted by atomic mass is 9.83. The minimum Gasteiger partial charge on any atom is -0.496 e. The molecule has 2 aliphatic rings. The number of ether oxygens (including phenoxy) is 3. The van der Waals surface area contributed by atoms with Crippen LogP contribution in [-0.2, 0) is 33.6 Å². The summed E-state index contributed by atoms with van der Waals surface area (Å²) in [4.78, 5) is 39.7. The lowest BCUT2D eigenvalue weighted by Gasteiger charge is -2.21. The summed E-state index contributed by atoms with van der Waals surface area (Å²) in [5.41, 5.74) is 5.94. The normalized spacial score (nSPS) is 14.8. The number of anilines is 2. The van der Waals surface area contributed by atoms with Crippen LogP contribution in [0.15, 0.2) is 96.2 Å². The zero-order valence-electron chi connectivity index (χ0n) is 34.1. The molecule has 0 atom stereocenters. The second-order valence-corrected chi connectivity index (χ2v) is 17.5. The number of fused-ring (bicyclic) bond motifs is 2. The Kier molecular flexibility index (Phi) is 11.3. The van der Waals surface area contributed by atoms with Gasteiger partial charge < -0.3 is 23.3 Å². The summed E-state index contributed by atoms with van der Waals surface area (Å²) in [6.07, 6.45) is 10.4. The highest BCUT2D eigenvalue weighted by atomic mass is 32.2. The molecule has 0 saturated heterocycles. The van der Waals surface area contributed by atoms with E-state index in [-0.39, 0.29) is 22.7 Å². The maximum Gasteiger partial charge on any atom is 0.411 e. The van der Waals surface area contributed by atoms with Gasteiger partial charge in [-0.25, -0.2) is 22.7 Å². The molecule has 3 N–H and O–H groups in total. The number of benzene rings is 4. The first-order chi connectivity index (χ1) is 28.9. The van der Waals surface area contributed by atoms with Gasteiger partial charge >= 0.3 is 12.2 Å². The Morgan fingerprint density at radius 3 is 1.70 bits per heavy atom. The summed E-state index contributed by atoms with van der Waals surface area (Å²) in [7, 11) is 1.23. The second kappa shape index (κ2) is 16.8. The highest BCUT2D eigenvalue weighted by molar-refractivity contribution is 7.90. The standard InChI is InChI=1S/C46H49N5O8S/c1-28-11-5-10-16-42(28)60(55,56)49-44(52)29-17-20-34(41(23-29)57-4)43(37-26-50(2)39-21-18-30(24-35(37)39)47-45(53)58-32-12-6-7-13-32)38-27-51(3)40-22-19-31(25-36(38)40)48-46(54)59-33-14-8-9-15-33/h5,10-11,16-27,32-33,43H,6-9,12-15H2,1-4H3,(H,47,53)(H,48,54)(H,49,52). The van der Waals surface area contributed by atoms with Crippen molar-refractivity contribution in [1.82, 2.24) is 13.9 Å². The second-order valence-electron chi connectivity index (χ2n) is 15.8. The van der Waals surface area contributed by atoms with Crippen molar-refractivity contribution in [2.45, 2.75) is 81.3 Å². The Balaban J connectivity index is 1.22. The highest BCUT2D eigenvalue weighted by Gasteiger charge is 2.30. The van der Waals surface area contributed by atoms with Crippen LogP contribution in [0.25, 0.3) is 21.8 Å². The minimum atomic E-state index is -4.18. The van der Waals surface area contributed by atoms with Crippen LogP contribution >= 0.6 is 0 Å². The molecule has 13 nitrogen and oxygen atoms in total. The molecule has 3 amide bonds. The van der Waals surface area contributed by atoms with Crippen molar-refractivity contribution in [1.29, 1.82) is 0 Å². The average Bonchev–Trinajstić information content (AvgIpc) is 4.04. The Hall–Kier alpha value is -6.28. The molecule has 4 aromatic carbocycles. The molecule has 8 rings (SSSR count). The summed E-state index contributed by atoms with van der Waals surface area (Å²) < 4.78 is 50.3. The van der Waals surface area contributed by atoms with Crippen molar-refractivity contribution in [3.05, 3.63) is 119 Å². The Morgan fingerprint density at radius 2 is 1.20 bits per heavy atom. The first-order valence-corrected chi connectivity index (χ1v) is 21.8. The number of carbonyl (C=O) groups is 3. The topological polar surface area (TPSA) is 159 Å². The number of amides is 3. The first kappa shape index (κ1) is 40.5. The molecule has 6 aromatic rings. The quantitative estimate of drug-likeness (QED) is 0.117. The number of methoxy groups -OCH3 is 1. The fourth-order valence-electron chi connectivity index (χ4n) is 8.76. The predicted molar refractivity (Wildman–Crippen MR) is 230 cm³/mol. The third kappa shape index (κ3) is 8.29. The average molecular weight is 832 g/mol. The predicted octanol–water partition coefficient (Wildman–Crippen LogP) is 9.27. The zero-order chi connectivity index (χ0) is 42.1. The third-order valence-corrected chi connectivity index (χ3v) is 13.2. The molecule has 0 unspecified atom stereocenters. The largest absolute Gasteiger partial charge is 0.496 e. The van der Waals surface area contributed by atoms with E-state index in [1.165, 1.54) is 13.2 Å². The fraction of sp³-hybridized carbons (Fsp3) is 0.326. The molecule has 2 aromatic heterocycles. The highest BCUT2D eigenvalue weighted by Crippen LogP contribution is 2.45. The van der Waals surface area contributed by atoms with Crippen LogP contribution < -0.4 is 20.1 Å². The molecule has 14 heteroatoms. The smallest absolute Gasteiger partial charge is 0.411 e. The molecule has 312 valence electrons. The molecule has 2 saturated carbocycles. The van der Waals surface area contributed by atoms with Gasteiger partial charge in [-0.1, -0.05) is 24.3 Å². The third-order valence-electron chi connectivity index (χ3n) is 11.7. The van der Waals surface area contributed by atoms with Gasteiger partial charge in [-0.3, -0.25) is 15.4 Å². The number of hydrogen-bond acceptors (Lipinski definition) is 8. The maximum absolute atomic E-state index is 13.6. The monoisotopic (exact) mass is 831 g/mol. The van der Waals surface area contributed by atoms with Crippen molar-refractivity contribution in [2.24, 2.45) is 14.1 Å². The van der Waals surface area contributed by atoms with Gasteiger partial charge in [0.15, 0.2) is 0 Å². The van der Waals surface area contributed by atoms with Crippen LogP contribution in [0.5, 0.6) is 5.75 Å². The number of rotatable bonds is 11. The zero-order valence-corrected chi connectivity index (χ0v) is 34.9. The molecule has 0 bridgehead atoms. The maximum atomic E-state index is 13.6. The molecular formula is C46H49N5O8S. The van der Waals surface area contributed by atoms with Crippen LogP contribution in [0.1, 0.15) is 89.9 Å². The van der Waals surface area contributed by atoms with E-state index in [0.717, 1.165) is 84.3 Å². The Labute approximate surface area is 349 Å². The molecule has 2 heterocycles. The van der Waals surface area contributed by atoms with Gasteiger partial charge in [-0.2, -0.15) is 0 Å². The van der Waals surface area contributed by atoms with Crippen LogP contribution in [0, 0.1) is 6.92 Å². The molecule has 0 spiro atoms. The van der Waals surface area contributed by atoms with Gasteiger partial charge in [-0.15, -0.1) is 0 Å². The summed E-state index contributed by atoms with van der Waals surface area (Å²) >= 11 is 0. The summed E-state index contributed by atoms with van der Waals surface area (Å²) in [6, 6.07) is 22.8. The molecule has 2 fully saturated rings. The van der Waals surface area contributed by atoms with E-state index < -0.39 is 34.0 Å². The van der Waals surface area contributed by atoms with E-state index in [9.17, 15) is 22.8 Å². The Bertz CT molecular complexity index is 2610. The molecule has 0 radical (unpaired) electrons. The lowest BCUT2D eigenvalue weighted by Crippen LogP contribution is -2.31. The van der Waals surface area contributed by atoms with Crippen LogP contribution in [0.2, 0.25) is 0 Å². The van der Waals surface area contributed by atoms with Crippen LogP contribution in [0.3, 0.4) is 0 Å². The van der Waals surface area contributed by atoms with Gasteiger partial charge in [0, 0.05) is 76.7 Å². The number of aryl methyl sites for hydroxylation is 3. The van der Waals surface area contributed by atoms with E-state index >= 15 is 0 Å². The van der Waals surface area contributed by atoms with Gasteiger partial charge in [0.05, 0.1) is 12.0 Å². The van der Waals surface area contributed by atoms with E-state index in [1.54, 1.807) is 43.3 Å². The minimum absolute atomic E-state index is 0.00947. The number of nitrogens with zero attached hydrogens (tertiary/aromatic N) is 2.